The van der Waals surface area contributed by atoms with E-state index >= 15 is 0 Å². The number of carbonyl (C=O) groups is 1. The molecular weight excluding hydrogens is 318 g/mol. The first-order chi connectivity index (χ1) is 11.0. The number of benzene rings is 2. The van der Waals surface area contributed by atoms with E-state index in [1.807, 2.05) is 37.3 Å². The van der Waals surface area contributed by atoms with Crippen LogP contribution in [-0.2, 0) is 4.79 Å². The first-order valence-corrected chi connectivity index (χ1v) is 8.05. The predicted molar refractivity (Wildman–Crippen MR) is 89.8 cm³/mol. The molecule has 6 heteroatoms. The summed E-state index contributed by atoms with van der Waals surface area (Å²) in [5.41, 5.74) is 1.69. The highest BCUT2D eigenvalue weighted by Crippen LogP contribution is 2.26. The lowest BCUT2D eigenvalue weighted by atomic mass is 10.1. The first-order valence-electron chi connectivity index (χ1n) is 7.17. The molecule has 2 aromatic carbocycles. The number of carbonyl (C=O) groups excluding carboxylic acids is 1. The zero-order chi connectivity index (χ0) is 16.7. The summed E-state index contributed by atoms with van der Waals surface area (Å²) in [6.07, 6.45) is 0. The van der Waals surface area contributed by atoms with E-state index in [9.17, 15) is 13.6 Å². The number of nitrogens with one attached hydrogen (secondary N) is 2. The highest BCUT2D eigenvalue weighted by atomic mass is 32.2. The topological polar surface area (TPSA) is 41.1 Å². The Kier molecular flexibility index (Phi) is 6.55. The summed E-state index contributed by atoms with van der Waals surface area (Å²) in [6, 6.07) is 16.2. The second-order valence-corrected chi connectivity index (χ2v) is 6.03. The molecule has 0 aromatic heterocycles. The minimum absolute atomic E-state index is 0.0618. The molecule has 0 fully saturated rings. The minimum atomic E-state index is -2.45. The first kappa shape index (κ1) is 17.4. The van der Waals surface area contributed by atoms with Gasteiger partial charge in [0.1, 0.15) is 0 Å². The van der Waals surface area contributed by atoms with Gasteiger partial charge in [0.15, 0.2) is 0 Å². The predicted octanol–water partition coefficient (Wildman–Crippen LogP) is 4.29. The number of amides is 1. The van der Waals surface area contributed by atoms with Crippen molar-refractivity contribution in [3.63, 3.8) is 0 Å². The van der Waals surface area contributed by atoms with Gasteiger partial charge in [0.25, 0.3) is 5.76 Å². The molecule has 0 radical (unpaired) electrons. The van der Waals surface area contributed by atoms with E-state index in [1.54, 1.807) is 24.3 Å². The maximum Gasteiger partial charge on any atom is 0.288 e. The van der Waals surface area contributed by atoms with Crippen molar-refractivity contribution in [1.82, 2.24) is 5.32 Å². The summed E-state index contributed by atoms with van der Waals surface area (Å²) in [5, 5.41) is 5.87. The molecule has 23 heavy (non-hydrogen) atoms. The quantitative estimate of drug-likeness (QED) is 0.741. The van der Waals surface area contributed by atoms with E-state index in [2.05, 4.69) is 10.6 Å². The molecule has 1 atom stereocenters. The van der Waals surface area contributed by atoms with E-state index in [0.29, 0.717) is 22.3 Å². The van der Waals surface area contributed by atoms with Gasteiger partial charge >= 0.3 is 0 Å². The molecule has 122 valence electrons. The van der Waals surface area contributed by atoms with Crippen LogP contribution in [0, 0.1) is 0 Å². The fourth-order valence-corrected chi connectivity index (χ4v) is 2.53. The Balaban J connectivity index is 1.80. The Labute approximate surface area is 138 Å². The van der Waals surface area contributed by atoms with Gasteiger partial charge in [0, 0.05) is 16.6 Å². The third-order valence-electron chi connectivity index (χ3n) is 3.23. The molecule has 0 aliphatic heterocycles. The molecule has 0 unspecified atom stereocenters. The number of halogens is 2. The summed E-state index contributed by atoms with van der Waals surface area (Å²) in [5.74, 6) is -2.62. The molecule has 0 bridgehead atoms. The molecule has 0 saturated carbocycles. The molecule has 2 rings (SSSR count). The molecular formula is C17H18F2N2OS. The minimum Gasteiger partial charge on any atom is -0.325 e. The summed E-state index contributed by atoms with van der Waals surface area (Å²) in [4.78, 5) is 12.4. The summed E-state index contributed by atoms with van der Waals surface area (Å²) in [7, 11) is 0. The summed E-state index contributed by atoms with van der Waals surface area (Å²) in [6.45, 7) is 2.16. The van der Waals surface area contributed by atoms with Gasteiger partial charge in [-0.3, -0.25) is 4.79 Å². The molecule has 3 nitrogen and oxygen atoms in total. The van der Waals surface area contributed by atoms with Crippen LogP contribution in [0.2, 0.25) is 0 Å². The van der Waals surface area contributed by atoms with E-state index in [0.717, 1.165) is 5.56 Å². The van der Waals surface area contributed by atoms with Crippen LogP contribution in [0.4, 0.5) is 14.5 Å². The smallest absolute Gasteiger partial charge is 0.288 e. The number of alkyl halides is 2. The van der Waals surface area contributed by atoms with Gasteiger partial charge in [-0.05, 0) is 36.8 Å². The van der Waals surface area contributed by atoms with Crippen molar-refractivity contribution in [2.45, 2.75) is 23.6 Å². The van der Waals surface area contributed by atoms with Crippen LogP contribution in [-0.4, -0.2) is 18.2 Å². The lowest BCUT2D eigenvalue weighted by Crippen LogP contribution is -2.30. The van der Waals surface area contributed by atoms with Crippen molar-refractivity contribution in [1.29, 1.82) is 0 Å². The second-order valence-electron chi connectivity index (χ2n) is 4.96. The maximum atomic E-state index is 12.2. The van der Waals surface area contributed by atoms with Gasteiger partial charge in [0.2, 0.25) is 5.91 Å². The number of thioether (sulfide) groups is 1. The number of hydrogen-bond donors (Lipinski definition) is 2. The Bertz CT molecular complexity index is 620. The lowest BCUT2D eigenvalue weighted by molar-refractivity contribution is -0.115. The molecule has 2 N–H and O–H groups in total. The van der Waals surface area contributed by atoms with Gasteiger partial charge in [-0.1, -0.05) is 42.1 Å². The van der Waals surface area contributed by atoms with Crippen LogP contribution in [0.5, 0.6) is 0 Å². The zero-order valence-corrected chi connectivity index (χ0v) is 13.4. The Morgan fingerprint density at radius 2 is 1.74 bits per heavy atom. The van der Waals surface area contributed by atoms with E-state index in [4.69, 9.17) is 0 Å². The monoisotopic (exact) mass is 336 g/mol. The largest absolute Gasteiger partial charge is 0.325 e. The van der Waals surface area contributed by atoms with Crippen LogP contribution < -0.4 is 10.6 Å². The van der Waals surface area contributed by atoms with E-state index < -0.39 is 5.76 Å². The molecule has 1 amide bonds. The van der Waals surface area contributed by atoms with Crippen molar-refractivity contribution in [2.24, 2.45) is 0 Å². The maximum absolute atomic E-state index is 12.2. The van der Waals surface area contributed by atoms with E-state index in [1.165, 1.54) is 0 Å². The third kappa shape index (κ3) is 6.00. The van der Waals surface area contributed by atoms with Gasteiger partial charge in [-0.15, -0.1) is 0 Å². The second kappa shape index (κ2) is 8.64. The normalized spacial score (nSPS) is 12.2. The Hall–Kier alpha value is -1.92. The SMILES string of the molecule is C[C@@H](NCC(=O)Nc1ccc(SC(F)F)cc1)c1ccccc1. The van der Waals surface area contributed by atoms with Gasteiger partial charge < -0.3 is 10.6 Å². The van der Waals surface area contributed by atoms with Crippen molar-refractivity contribution in [3.8, 4) is 0 Å². The summed E-state index contributed by atoms with van der Waals surface area (Å²) >= 11 is 0.479. The van der Waals surface area contributed by atoms with Crippen molar-refractivity contribution in [2.75, 3.05) is 11.9 Å². The number of hydrogen-bond acceptors (Lipinski definition) is 3. The standard InChI is InChI=1S/C17H18F2N2OS/c1-12(13-5-3-2-4-6-13)20-11-16(22)21-14-7-9-15(10-8-14)23-17(18)19/h2-10,12,17,20H,11H2,1H3,(H,21,22)/t12-/m1/s1. The fraction of sp³-hybridized carbons (Fsp3) is 0.235. The average Bonchev–Trinajstić information content (AvgIpc) is 2.55. The molecule has 2 aromatic rings. The van der Waals surface area contributed by atoms with Crippen LogP contribution in [0.15, 0.2) is 59.5 Å². The molecule has 0 aliphatic carbocycles. The van der Waals surface area contributed by atoms with Crippen molar-refractivity contribution < 1.29 is 13.6 Å². The summed E-state index contributed by atoms with van der Waals surface area (Å²) < 4.78 is 24.5. The van der Waals surface area contributed by atoms with Crippen LogP contribution in [0.25, 0.3) is 0 Å². The Morgan fingerprint density at radius 3 is 2.35 bits per heavy atom. The van der Waals surface area contributed by atoms with Crippen molar-refractivity contribution >= 4 is 23.4 Å². The Morgan fingerprint density at radius 1 is 1.09 bits per heavy atom. The van der Waals surface area contributed by atoms with Crippen LogP contribution >= 0.6 is 11.8 Å². The number of rotatable bonds is 7. The number of anilines is 1. The van der Waals surface area contributed by atoms with Crippen LogP contribution in [0.1, 0.15) is 18.5 Å². The fourth-order valence-electron chi connectivity index (χ4n) is 2.03. The van der Waals surface area contributed by atoms with E-state index in [-0.39, 0.29) is 18.5 Å². The highest BCUT2D eigenvalue weighted by molar-refractivity contribution is 7.99. The van der Waals surface area contributed by atoms with Crippen LogP contribution in [0.3, 0.4) is 0 Å². The molecule has 0 spiro atoms. The molecule has 0 heterocycles. The molecule has 0 aliphatic rings. The average molecular weight is 336 g/mol. The van der Waals surface area contributed by atoms with Crippen molar-refractivity contribution in [3.05, 3.63) is 60.2 Å². The third-order valence-corrected chi connectivity index (χ3v) is 3.95. The highest BCUT2D eigenvalue weighted by Gasteiger charge is 2.08. The lowest BCUT2D eigenvalue weighted by Gasteiger charge is -2.14. The van der Waals surface area contributed by atoms with Gasteiger partial charge in [-0.25, -0.2) is 0 Å². The van der Waals surface area contributed by atoms with Gasteiger partial charge in [0.05, 0.1) is 6.54 Å². The zero-order valence-electron chi connectivity index (χ0n) is 12.6. The van der Waals surface area contributed by atoms with Gasteiger partial charge in [-0.2, -0.15) is 8.78 Å². The molecule has 0 saturated heterocycles.